The number of esters is 1. The number of benzene rings is 1. The molecule has 19 heavy (non-hydrogen) atoms. The fraction of sp³-hybridized carbons (Fsp3) is 0.364. The number of hydrogen-bond donors (Lipinski definition) is 1. The minimum Gasteiger partial charge on any atom is -0.460 e. The molecule has 0 aliphatic rings. The second kappa shape index (κ2) is 6.37. The van der Waals surface area contributed by atoms with Crippen LogP contribution in [0.3, 0.4) is 0 Å². The Balaban J connectivity index is 2.36. The highest BCUT2D eigenvalue weighted by Gasteiger charge is 2.27. The third-order valence-corrected chi connectivity index (χ3v) is 1.96. The maximum atomic E-state index is 12.7. The molecule has 2 N–H and O–H groups in total. The van der Waals surface area contributed by atoms with Gasteiger partial charge in [-0.05, 0) is 18.2 Å². The standard InChI is InChI=1S/C11H11F4NO3/c12-7-1-2-8(9(16)5-7)10(17)19-4-3-18-6-11(13,14)15/h1-2,5H,3-4,6,16H2. The van der Waals surface area contributed by atoms with Crippen molar-refractivity contribution in [2.24, 2.45) is 0 Å². The van der Waals surface area contributed by atoms with Crippen molar-refractivity contribution < 1.29 is 31.8 Å². The van der Waals surface area contributed by atoms with Crippen molar-refractivity contribution in [3.63, 3.8) is 0 Å². The van der Waals surface area contributed by atoms with Crippen molar-refractivity contribution in [1.82, 2.24) is 0 Å². The summed E-state index contributed by atoms with van der Waals surface area (Å²) in [5.41, 5.74) is 5.22. The number of hydrogen-bond acceptors (Lipinski definition) is 4. The van der Waals surface area contributed by atoms with E-state index in [1.165, 1.54) is 0 Å². The van der Waals surface area contributed by atoms with Crippen LogP contribution < -0.4 is 5.73 Å². The lowest BCUT2D eigenvalue weighted by atomic mass is 10.2. The van der Waals surface area contributed by atoms with E-state index in [9.17, 15) is 22.4 Å². The maximum Gasteiger partial charge on any atom is 0.411 e. The van der Waals surface area contributed by atoms with Crippen LogP contribution in [0.15, 0.2) is 18.2 Å². The van der Waals surface area contributed by atoms with Gasteiger partial charge in [-0.25, -0.2) is 9.18 Å². The summed E-state index contributed by atoms with van der Waals surface area (Å²) in [5, 5.41) is 0. The summed E-state index contributed by atoms with van der Waals surface area (Å²) < 4.78 is 56.7. The molecule has 0 aliphatic carbocycles. The van der Waals surface area contributed by atoms with Crippen molar-refractivity contribution in [2.75, 3.05) is 25.6 Å². The smallest absolute Gasteiger partial charge is 0.411 e. The molecule has 0 aromatic heterocycles. The molecular formula is C11H11F4NO3. The van der Waals surface area contributed by atoms with Crippen LogP contribution in [0.25, 0.3) is 0 Å². The first-order valence-corrected chi connectivity index (χ1v) is 5.16. The van der Waals surface area contributed by atoms with E-state index < -0.39 is 31.2 Å². The van der Waals surface area contributed by atoms with Gasteiger partial charge in [0.25, 0.3) is 0 Å². The van der Waals surface area contributed by atoms with Gasteiger partial charge in [-0.3, -0.25) is 0 Å². The van der Waals surface area contributed by atoms with Crippen molar-refractivity contribution >= 4 is 11.7 Å². The molecule has 0 unspecified atom stereocenters. The molecule has 0 spiro atoms. The summed E-state index contributed by atoms with van der Waals surface area (Å²) in [7, 11) is 0. The number of carbonyl (C=O) groups is 1. The molecule has 1 aromatic carbocycles. The molecule has 0 amide bonds. The van der Waals surface area contributed by atoms with Gasteiger partial charge >= 0.3 is 12.1 Å². The fourth-order valence-corrected chi connectivity index (χ4v) is 1.18. The van der Waals surface area contributed by atoms with Crippen LogP contribution in [-0.4, -0.2) is 32.0 Å². The van der Waals surface area contributed by atoms with E-state index in [0.717, 1.165) is 18.2 Å². The summed E-state index contributed by atoms with van der Waals surface area (Å²) in [5.74, 6) is -1.46. The largest absolute Gasteiger partial charge is 0.460 e. The average molecular weight is 281 g/mol. The number of ether oxygens (including phenoxy) is 2. The minimum atomic E-state index is -4.43. The zero-order valence-corrected chi connectivity index (χ0v) is 9.67. The Morgan fingerprint density at radius 1 is 1.26 bits per heavy atom. The van der Waals surface area contributed by atoms with Gasteiger partial charge in [-0.1, -0.05) is 0 Å². The molecule has 0 radical (unpaired) electrons. The van der Waals surface area contributed by atoms with Gasteiger partial charge in [-0.15, -0.1) is 0 Å². The molecule has 0 heterocycles. The first-order chi connectivity index (χ1) is 8.79. The predicted molar refractivity (Wildman–Crippen MR) is 58.0 cm³/mol. The van der Waals surface area contributed by atoms with Crippen LogP contribution in [-0.2, 0) is 9.47 Å². The Kier molecular flexibility index (Phi) is 5.11. The molecule has 106 valence electrons. The molecule has 0 saturated heterocycles. The number of carbonyl (C=O) groups excluding carboxylic acids is 1. The van der Waals surface area contributed by atoms with Crippen LogP contribution in [0, 0.1) is 5.82 Å². The van der Waals surface area contributed by atoms with Gasteiger partial charge in [0, 0.05) is 5.69 Å². The van der Waals surface area contributed by atoms with Crippen LogP contribution in [0.5, 0.6) is 0 Å². The Labute approximate surface area is 106 Å². The molecule has 0 saturated carbocycles. The molecule has 0 bridgehead atoms. The van der Waals surface area contributed by atoms with Gasteiger partial charge in [0.15, 0.2) is 0 Å². The zero-order chi connectivity index (χ0) is 14.5. The van der Waals surface area contributed by atoms with Crippen molar-refractivity contribution in [2.45, 2.75) is 6.18 Å². The number of halogens is 4. The summed E-state index contributed by atoms with van der Waals surface area (Å²) in [4.78, 5) is 11.4. The summed E-state index contributed by atoms with van der Waals surface area (Å²) in [6.07, 6.45) is -4.43. The topological polar surface area (TPSA) is 61.6 Å². The van der Waals surface area contributed by atoms with E-state index in [1.807, 2.05) is 0 Å². The number of rotatable bonds is 5. The quantitative estimate of drug-likeness (QED) is 0.389. The number of nitrogen functional groups attached to an aromatic ring is 1. The van der Waals surface area contributed by atoms with Gasteiger partial charge in [-0.2, -0.15) is 13.2 Å². The fourth-order valence-electron chi connectivity index (χ4n) is 1.18. The summed E-state index contributed by atoms with van der Waals surface area (Å²) in [6, 6.07) is 3.09. The normalized spacial score (nSPS) is 11.4. The van der Waals surface area contributed by atoms with E-state index in [4.69, 9.17) is 5.73 Å². The third-order valence-electron chi connectivity index (χ3n) is 1.96. The van der Waals surface area contributed by atoms with Crippen LogP contribution in [0.4, 0.5) is 23.2 Å². The molecule has 1 rings (SSSR count). The number of nitrogens with two attached hydrogens (primary N) is 1. The van der Waals surface area contributed by atoms with Gasteiger partial charge < -0.3 is 15.2 Å². The second-order valence-corrected chi connectivity index (χ2v) is 3.54. The predicted octanol–water partition coefficient (Wildman–Crippen LogP) is 2.14. The Bertz CT molecular complexity index is 448. The third kappa shape index (κ3) is 5.56. The average Bonchev–Trinajstić information content (AvgIpc) is 2.26. The molecule has 1 aromatic rings. The van der Waals surface area contributed by atoms with Gasteiger partial charge in [0.05, 0.1) is 12.2 Å². The maximum absolute atomic E-state index is 12.7. The lowest BCUT2D eigenvalue weighted by molar-refractivity contribution is -0.175. The Morgan fingerprint density at radius 2 is 1.95 bits per heavy atom. The Hall–Kier alpha value is -1.83. The molecule has 0 fully saturated rings. The lowest BCUT2D eigenvalue weighted by Crippen LogP contribution is -2.20. The van der Waals surface area contributed by atoms with Crippen molar-refractivity contribution in [3.05, 3.63) is 29.6 Å². The van der Waals surface area contributed by atoms with E-state index >= 15 is 0 Å². The van der Waals surface area contributed by atoms with E-state index in [-0.39, 0.29) is 17.9 Å². The summed E-state index contributed by atoms with van der Waals surface area (Å²) in [6.45, 7) is -2.17. The van der Waals surface area contributed by atoms with Crippen LogP contribution in [0.2, 0.25) is 0 Å². The second-order valence-electron chi connectivity index (χ2n) is 3.54. The molecule has 0 aliphatic heterocycles. The van der Waals surface area contributed by atoms with E-state index in [1.54, 1.807) is 0 Å². The van der Waals surface area contributed by atoms with Gasteiger partial charge in [0.1, 0.15) is 19.0 Å². The monoisotopic (exact) mass is 281 g/mol. The minimum absolute atomic E-state index is 0.0581. The molecule has 8 heteroatoms. The number of alkyl halides is 3. The van der Waals surface area contributed by atoms with Crippen LogP contribution >= 0.6 is 0 Å². The highest BCUT2D eigenvalue weighted by atomic mass is 19.4. The van der Waals surface area contributed by atoms with Crippen LogP contribution in [0.1, 0.15) is 10.4 Å². The van der Waals surface area contributed by atoms with Crippen molar-refractivity contribution in [3.8, 4) is 0 Å². The Morgan fingerprint density at radius 3 is 2.53 bits per heavy atom. The molecule has 4 nitrogen and oxygen atoms in total. The highest BCUT2D eigenvalue weighted by molar-refractivity contribution is 5.94. The zero-order valence-electron chi connectivity index (χ0n) is 9.67. The van der Waals surface area contributed by atoms with Gasteiger partial charge in [0.2, 0.25) is 0 Å². The first kappa shape index (κ1) is 15.2. The highest BCUT2D eigenvalue weighted by Crippen LogP contribution is 2.15. The van der Waals surface area contributed by atoms with Crippen molar-refractivity contribution in [1.29, 1.82) is 0 Å². The SMILES string of the molecule is Nc1cc(F)ccc1C(=O)OCCOCC(F)(F)F. The van der Waals surface area contributed by atoms with E-state index in [2.05, 4.69) is 9.47 Å². The summed E-state index contributed by atoms with van der Waals surface area (Å²) >= 11 is 0. The van der Waals surface area contributed by atoms with E-state index in [0.29, 0.717) is 0 Å². The number of anilines is 1. The molecular weight excluding hydrogens is 270 g/mol. The first-order valence-electron chi connectivity index (χ1n) is 5.16. The lowest BCUT2D eigenvalue weighted by Gasteiger charge is -2.09. The molecule has 0 atom stereocenters.